The topological polar surface area (TPSA) is 98.9 Å². The van der Waals surface area contributed by atoms with Crippen LogP contribution >= 0.6 is 0 Å². The molecule has 0 radical (unpaired) electrons. The van der Waals surface area contributed by atoms with E-state index in [0.29, 0.717) is 12.8 Å². The lowest BCUT2D eigenvalue weighted by molar-refractivity contribution is -0.386. The van der Waals surface area contributed by atoms with Crippen molar-refractivity contribution in [2.24, 2.45) is 0 Å². The molecule has 1 fully saturated rings. The molecule has 1 aromatic carbocycles. The zero-order chi connectivity index (χ0) is 14.7. The predicted octanol–water partition coefficient (Wildman–Crippen LogP) is 1.91. The van der Waals surface area contributed by atoms with Crippen LogP contribution in [-0.4, -0.2) is 34.8 Å². The summed E-state index contributed by atoms with van der Waals surface area (Å²) in [5, 5.41) is 19.7. The van der Waals surface area contributed by atoms with Gasteiger partial charge in [-0.15, -0.1) is 0 Å². The van der Waals surface area contributed by atoms with E-state index in [2.05, 4.69) is 0 Å². The van der Waals surface area contributed by atoms with Crippen LogP contribution in [0.5, 0.6) is 5.75 Å². The highest BCUT2D eigenvalue weighted by molar-refractivity contribution is 5.72. The molecule has 1 aliphatic rings. The Morgan fingerprint density at radius 2 is 2.30 bits per heavy atom. The Hall–Kier alpha value is -2.15. The normalized spacial score (nSPS) is 21.6. The van der Waals surface area contributed by atoms with Gasteiger partial charge in [-0.1, -0.05) is 6.07 Å². The van der Waals surface area contributed by atoms with Gasteiger partial charge in [-0.05, 0) is 31.4 Å². The van der Waals surface area contributed by atoms with E-state index in [9.17, 15) is 14.9 Å². The number of carboxylic acids is 1. The minimum absolute atomic E-state index is 0.0993. The summed E-state index contributed by atoms with van der Waals surface area (Å²) in [5.74, 6) is -0.822. The molecule has 1 heterocycles. The third kappa shape index (κ3) is 3.24. The van der Waals surface area contributed by atoms with E-state index in [1.165, 1.54) is 12.1 Å². The number of hydrogen-bond donors (Lipinski definition) is 1. The summed E-state index contributed by atoms with van der Waals surface area (Å²) in [6.07, 6.45) is -0.163. The predicted molar refractivity (Wildman–Crippen MR) is 68.9 cm³/mol. The van der Waals surface area contributed by atoms with Crippen molar-refractivity contribution >= 4 is 11.7 Å². The molecule has 0 amide bonds. The highest BCUT2D eigenvalue weighted by Crippen LogP contribution is 2.29. The molecule has 2 rings (SSSR count). The zero-order valence-electron chi connectivity index (χ0n) is 10.9. The van der Waals surface area contributed by atoms with E-state index in [0.717, 1.165) is 5.56 Å². The summed E-state index contributed by atoms with van der Waals surface area (Å²) < 4.78 is 10.7. The van der Waals surface area contributed by atoms with Crippen LogP contribution in [0, 0.1) is 17.0 Å². The third-order valence-electron chi connectivity index (χ3n) is 3.12. The van der Waals surface area contributed by atoms with E-state index in [1.807, 2.05) is 0 Å². The van der Waals surface area contributed by atoms with Crippen LogP contribution < -0.4 is 4.74 Å². The number of nitrogens with zero attached hydrogens (tertiary/aromatic N) is 1. The van der Waals surface area contributed by atoms with Crippen molar-refractivity contribution in [3.8, 4) is 5.75 Å². The van der Waals surface area contributed by atoms with E-state index in [4.69, 9.17) is 14.6 Å². The van der Waals surface area contributed by atoms with Gasteiger partial charge < -0.3 is 14.6 Å². The number of carboxylic acid groups (broad SMARTS) is 1. The van der Waals surface area contributed by atoms with Gasteiger partial charge in [0.05, 0.1) is 11.0 Å². The standard InChI is InChI=1S/C13H15NO6/c1-8-2-4-11(10(6-8)14(17)18)19-7-9-3-5-12(20-9)13(15)16/h2,4,6,9,12H,3,5,7H2,1H3,(H,15,16). The number of aliphatic carboxylic acids is 1. The summed E-state index contributed by atoms with van der Waals surface area (Å²) in [5.41, 5.74) is 0.671. The van der Waals surface area contributed by atoms with Gasteiger partial charge in [-0.2, -0.15) is 0 Å². The summed E-state index contributed by atoms with van der Waals surface area (Å²) >= 11 is 0. The highest BCUT2D eigenvalue weighted by atomic mass is 16.6. The van der Waals surface area contributed by atoms with Crippen LogP contribution in [0.4, 0.5) is 5.69 Å². The van der Waals surface area contributed by atoms with Crippen LogP contribution in [0.25, 0.3) is 0 Å². The largest absolute Gasteiger partial charge is 0.484 e. The van der Waals surface area contributed by atoms with Crippen molar-refractivity contribution < 1.29 is 24.3 Å². The second kappa shape index (κ2) is 5.87. The van der Waals surface area contributed by atoms with Crippen molar-refractivity contribution in [2.45, 2.75) is 32.0 Å². The fourth-order valence-electron chi connectivity index (χ4n) is 2.08. The molecule has 0 bridgehead atoms. The lowest BCUT2D eigenvalue weighted by Gasteiger charge is -2.13. The van der Waals surface area contributed by atoms with Gasteiger partial charge >= 0.3 is 11.7 Å². The summed E-state index contributed by atoms with van der Waals surface area (Å²) in [7, 11) is 0. The van der Waals surface area contributed by atoms with Crippen molar-refractivity contribution in [3.05, 3.63) is 33.9 Å². The SMILES string of the molecule is Cc1ccc(OCC2CCC(C(=O)O)O2)c([N+](=O)[O-])c1. The Kier molecular flexibility index (Phi) is 4.19. The molecule has 1 saturated heterocycles. The van der Waals surface area contributed by atoms with Gasteiger partial charge in [0.25, 0.3) is 0 Å². The summed E-state index contributed by atoms with van der Waals surface area (Å²) in [6.45, 7) is 1.86. The molecule has 0 aliphatic carbocycles. The Balaban J connectivity index is 1.98. The maximum Gasteiger partial charge on any atom is 0.332 e. The number of carbonyl (C=O) groups is 1. The van der Waals surface area contributed by atoms with Crippen molar-refractivity contribution in [3.63, 3.8) is 0 Å². The van der Waals surface area contributed by atoms with Gasteiger partial charge in [0.1, 0.15) is 6.61 Å². The van der Waals surface area contributed by atoms with Crippen LogP contribution in [0.1, 0.15) is 18.4 Å². The van der Waals surface area contributed by atoms with E-state index >= 15 is 0 Å². The Morgan fingerprint density at radius 3 is 2.90 bits per heavy atom. The van der Waals surface area contributed by atoms with E-state index in [1.54, 1.807) is 13.0 Å². The Morgan fingerprint density at radius 1 is 1.55 bits per heavy atom. The molecule has 7 nitrogen and oxygen atoms in total. The zero-order valence-corrected chi connectivity index (χ0v) is 10.9. The fraction of sp³-hybridized carbons (Fsp3) is 0.462. The van der Waals surface area contributed by atoms with Crippen molar-refractivity contribution in [2.75, 3.05) is 6.61 Å². The van der Waals surface area contributed by atoms with Crippen molar-refractivity contribution in [1.82, 2.24) is 0 Å². The molecule has 2 unspecified atom stereocenters. The quantitative estimate of drug-likeness (QED) is 0.653. The van der Waals surface area contributed by atoms with E-state index < -0.39 is 17.0 Å². The molecule has 108 valence electrons. The van der Waals surface area contributed by atoms with E-state index in [-0.39, 0.29) is 24.1 Å². The Bertz CT molecular complexity index is 530. The van der Waals surface area contributed by atoms with Crippen LogP contribution in [-0.2, 0) is 9.53 Å². The molecule has 0 saturated carbocycles. The van der Waals surface area contributed by atoms with Gasteiger partial charge in [0.2, 0.25) is 0 Å². The van der Waals surface area contributed by atoms with Crippen molar-refractivity contribution in [1.29, 1.82) is 0 Å². The number of nitro groups is 1. The number of aryl methyl sites for hydroxylation is 1. The maximum absolute atomic E-state index is 10.9. The van der Waals surface area contributed by atoms with Gasteiger partial charge in [-0.25, -0.2) is 4.79 Å². The number of hydrogen-bond acceptors (Lipinski definition) is 5. The molecule has 1 aromatic rings. The average Bonchev–Trinajstić information content (AvgIpc) is 2.86. The van der Waals surface area contributed by atoms with Crippen LogP contribution in [0.2, 0.25) is 0 Å². The second-order valence-corrected chi connectivity index (χ2v) is 4.70. The summed E-state index contributed by atoms with van der Waals surface area (Å²) in [6, 6.07) is 4.69. The minimum atomic E-state index is -0.992. The number of rotatable bonds is 5. The second-order valence-electron chi connectivity index (χ2n) is 4.70. The molecule has 1 aliphatic heterocycles. The smallest absolute Gasteiger partial charge is 0.332 e. The Labute approximate surface area is 115 Å². The molecule has 0 spiro atoms. The van der Waals surface area contributed by atoms with Gasteiger partial charge in [0.15, 0.2) is 11.9 Å². The third-order valence-corrected chi connectivity index (χ3v) is 3.12. The summed E-state index contributed by atoms with van der Waals surface area (Å²) in [4.78, 5) is 21.2. The molecular formula is C13H15NO6. The molecule has 20 heavy (non-hydrogen) atoms. The fourth-order valence-corrected chi connectivity index (χ4v) is 2.08. The molecule has 7 heteroatoms. The molecule has 1 N–H and O–H groups in total. The molecule has 0 aromatic heterocycles. The highest BCUT2D eigenvalue weighted by Gasteiger charge is 2.31. The maximum atomic E-state index is 10.9. The number of nitro benzene ring substituents is 1. The first-order chi connectivity index (χ1) is 9.47. The first kappa shape index (κ1) is 14.3. The van der Waals surface area contributed by atoms with Gasteiger partial charge in [0, 0.05) is 6.07 Å². The monoisotopic (exact) mass is 281 g/mol. The lowest BCUT2D eigenvalue weighted by Crippen LogP contribution is -2.23. The lowest BCUT2D eigenvalue weighted by atomic mass is 10.2. The minimum Gasteiger partial charge on any atom is -0.484 e. The van der Waals surface area contributed by atoms with Crippen LogP contribution in [0.15, 0.2) is 18.2 Å². The first-order valence-corrected chi connectivity index (χ1v) is 6.23. The molecular weight excluding hydrogens is 266 g/mol. The number of ether oxygens (including phenoxy) is 2. The molecule has 2 atom stereocenters. The average molecular weight is 281 g/mol. The van der Waals surface area contributed by atoms with Gasteiger partial charge in [-0.3, -0.25) is 10.1 Å². The first-order valence-electron chi connectivity index (χ1n) is 6.23. The van der Waals surface area contributed by atoms with Crippen LogP contribution in [0.3, 0.4) is 0 Å². The number of benzene rings is 1.